The van der Waals surface area contributed by atoms with Crippen molar-refractivity contribution in [2.75, 3.05) is 11.4 Å². The molecular formula is C19H13F4NO2. The number of carbonyl (C=O) groups is 1. The number of anilines is 1. The first-order valence-corrected chi connectivity index (χ1v) is 7.61. The fraction of sp³-hybridized carbons (Fsp3) is 0.105. The lowest BCUT2D eigenvalue weighted by atomic mass is 10.1. The lowest BCUT2D eigenvalue weighted by Crippen LogP contribution is -2.31. The standard InChI is InChI=1S/C19H13F4NO2/c1-3-9-24(11-7-5-4-6-8-11)19(25)12-10(2)26-18-13(12)14(20)15(21)16(22)17(18)23/h3-8H,1,9H2,2H3. The number of para-hydroxylation sites is 1. The van der Waals surface area contributed by atoms with Gasteiger partial charge in [0, 0.05) is 12.2 Å². The molecule has 0 aliphatic carbocycles. The average Bonchev–Trinajstić information content (AvgIpc) is 3.00. The van der Waals surface area contributed by atoms with Crippen LogP contribution >= 0.6 is 0 Å². The van der Waals surface area contributed by atoms with Crippen molar-refractivity contribution in [3.8, 4) is 0 Å². The van der Waals surface area contributed by atoms with Crippen LogP contribution in [0.2, 0.25) is 0 Å². The summed E-state index contributed by atoms with van der Waals surface area (Å²) in [5.41, 5.74) is -0.746. The van der Waals surface area contributed by atoms with Crippen molar-refractivity contribution in [3.63, 3.8) is 0 Å². The van der Waals surface area contributed by atoms with E-state index in [0.29, 0.717) is 5.69 Å². The topological polar surface area (TPSA) is 33.5 Å². The highest BCUT2D eigenvalue weighted by Gasteiger charge is 2.31. The van der Waals surface area contributed by atoms with E-state index < -0.39 is 40.1 Å². The number of hydrogen-bond acceptors (Lipinski definition) is 2. The molecule has 3 aromatic rings. The van der Waals surface area contributed by atoms with Crippen LogP contribution in [0.3, 0.4) is 0 Å². The number of rotatable bonds is 4. The number of benzene rings is 2. The van der Waals surface area contributed by atoms with Crippen molar-refractivity contribution in [3.05, 3.63) is 77.6 Å². The average molecular weight is 363 g/mol. The van der Waals surface area contributed by atoms with Gasteiger partial charge in [-0.1, -0.05) is 24.3 Å². The molecule has 0 N–H and O–H groups in total. The highest BCUT2D eigenvalue weighted by molar-refractivity contribution is 6.14. The van der Waals surface area contributed by atoms with Crippen molar-refractivity contribution in [2.45, 2.75) is 6.92 Å². The fourth-order valence-electron chi connectivity index (χ4n) is 2.75. The van der Waals surface area contributed by atoms with E-state index in [2.05, 4.69) is 6.58 Å². The third-order valence-electron chi connectivity index (χ3n) is 3.92. The van der Waals surface area contributed by atoms with Crippen LogP contribution in [0.1, 0.15) is 16.1 Å². The van der Waals surface area contributed by atoms with E-state index in [1.54, 1.807) is 30.3 Å². The Labute approximate surface area is 146 Å². The molecule has 7 heteroatoms. The van der Waals surface area contributed by atoms with E-state index in [4.69, 9.17) is 4.42 Å². The monoisotopic (exact) mass is 363 g/mol. The van der Waals surface area contributed by atoms with Gasteiger partial charge in [0.2, 0.25) is 11.6 Å². The summed E-state index contributed by atoms with van der Waals surface area (Å²) in [5, 5.41) is -0.728. The number of amides is 1. The molecule has 3 nitrogen and oxygen atoms in total. The maximum absolute atomic E-state index is 14.3. The van der Waals surface area contributed by atoms with E-state index >= 15 is 0 Å². The summed E-state index contributed by atoms with van der Waals surface area (Å²) in [7, 11) is 0. The van der Waals surface area contributed by atoms with Gasteiger partial charge < -0.3 is 9.32 Å². The highest BCUT2D eigenvalue weighted by Crippen LogP contribution is 2.34. The lowest BCUT2D eigenvalue weighted by molar-refractivity contribution is 0.0989. The Morgan fingerprint density at radius 1 is 1.08 bits per heavy atom. The third-order valence-corrected chi connectivity index (χ3v) is 3.92. The van der Waals surface area contributed by atoms with Crippen LogP contribution in [-0.4, -0.2) is 12.5 Å². The molecule has 0 atom stereocenters. The van der Waals surface area contributed by atoms with Crippen LogP contribution in [0.5, 0.6) is 0 Å². The quantitative estimate of drug-likeness (QED) is 0.279. The molecule has 0 bridgehead atoms. The molecule has 1 amide bonds. The predicted molar refractivity (Wildman–Crippen MR) is 89.1 cm³/mol. The van der Waals surface area contributed by atoms with Gasteiger partial charge >= 0.3 is 0 Å². The van der Waals surface area contributed by atoms with Gasteiger partial charge in [0.15, 0.2) is 17.2 Å². The summed E-state index contributed by atoms with van der Waals surface area (Å²) in [6.07, 6.45) is 1.44. The second-order valence-corrected chi connectivity index (χ2v) is 5.53. The van der Waals surface area contributed by atoms with E-state index in [0.717, 1.165) is 0 Å². The molecule has 0 saturated heterocycles. The number of halogens is 4. The van der Waals surface area contributed by atoms with Crippen LogP contribution in [0.4, 0.5) is 23.2 Å². The molecule has 0 spiro atoms. The van der Waals surface area contributed by atoms with E-state index in [1.807, 2.05) is 0 Å². The summed E-state index contributed by atoms with van der Waals surface area (Å²) in [5.74, 6) is -8.26. The van der Waals surface area contributed by atoms with Gasteiger partial charge in [-0.25, -0.2) is 13.2 Å². The Hall–Kier alpha value is -3.09. The molecule has 134 valence electrons. The molecule has 0 aliphatic heterocycles. The molecule has 1 aromatic heterocycles. The summed E-state index contributed by atoms with van der Waals surface area (Å²) in [6.45, 7) is 4.92. The second kappa shape index (κ2) is 6.67. The van der Waals surface area contributed by atoms with Crippen molar-refractivity contribution < 1.29 is 26.8 Å². The summed E-state index contributed by atoms with van der Waals surface area (Å²) >= 11 is 0. The maximum Gasteiger partial charge on any atom is 0.262 e. The van der Waals surface area contributed by atoms with Gasteiger partial charge in [0.25, 0.3) is 5.91 Å². The Balaban J connectivity index is 2.25. The Bertz CT molecular complexity index is 1010. The molecule has 2 aromatic carbocycles. The zero-order chi connectivity index (χ0) is 19.0. The third kappa shape index (κ3) is 2.65. The number of nitrogens with zero attached hydrogens (tertiary/aromatic N) is 1. The van der Waals surface area contributed by atoms with E-state index in [9.17, 15) is 22.4 Å². The predicted octanol–water partition coefficient (Wildman–Crippen LogP) is 5.13. The van der Waals surface area contributed by atoms with E-state index in [1.165, 1.54) is 17.9 Å². The molecular weight excluding hydrogens is 350 g/mol. The van der Waals surface area contributed by atoms with Crippen molar-refractivity contribution in [2.24, 2.45) is 0 Å². The minimum atomic E-state index is -2.00. The zero-order valence-corrected chi connectivity index (χ0v) is 13.7. The summed E-state index contributed by atoms with van der Waals surface area (Å²) < 4.78 is 60.4. The number of furan rings is 1. The molecule has 26 heavy (non-hydrogen) atoms. The van der Waals surface area contributed by atoms with Gasteiger partial charge in [-0.2, -0.15) is 4.39 Å². The number of carbonyl (C=O) groups excluding carboxylic acids is 1. The minimum Gasteiger partial charge on any atom is -0.457 e. The van der Waals surface area contributed by atoms with Crippen molar-refractivity contribution in [1.82, 2.24) is 0 Å². The van der Waals surface area contributed by atoms with Gasteiger partial charge in [0.05, 0.1) is 10.9 Å². The molecule has 0 radical (unpaired) electrons. The first kappa shape index (κ1) is 17.7. The van der Waals surface area contributed by atoms with Gasteiger partial charge in [-0.3, -0.25) is 4.79 Å². The molecule has 0 saturated carbocycles. The van der Waals surface area contributed by atoms with E-state index in [-0.39, 0.29) is 17.9 Å². The van der Waals surface area contributed by atoms with Crippen LogP contribution in [-0.2, 0) is 0 Å². The Morgan fingerprint density at radius 3 is 2.31 bits per heavy atom. The van der Waals surface area contributed by atoms with Crippen LogP contribution < -0.4 is 4.90 Å². The fourth-order valence-corrected chi connectivity index (χ4v) is 2.75. The zero-order valence-electron chi connectivity index (χ0n) is 13.7. The van der Waals surface area contributed by atoms with Crippen LogP contribution in [0, 0.1) is 30.2 Å². The number of hydrogen-bond donors (Lipinski definition) is 0. The van der Waals surface area contributed by atoms with Crippen molar-refractivity contribution >= 4 is 22.6 Å². The molecule has 0 fully saturated rings. The molecule has 0 unspecified atom stereocenters. The molecule has 0 aliphatic rings. The number of aryl methyl sites for hydroxylation is 1. The first-order valence-electron chi connectivity index (χ1n) is 7.61. The molecule has 3 rings (SSSR count). The Morgan fingerprint density at radius 2 is 1.69 bits per heavy atom. The number of fused-ring (bicyclic) bond motifs is 1. The van der Waals surface area contributed by atoms with Gasteiger partial charge in [0.1, 0.15) is 5.76 Å². The SMILES string of the molecule is C=CCN(C(=O)c1c(C)oc2c(F)c(F)c(F)c(F)c12)c1ccccc1. The first-order chi connectivity index (χ1) is 12.4. The largest absolute Gasteiger partial charge is 0.457 e. The minimum absolute atomic E-state index is 0.0583. The van der Waals surface area contributed by atoms with Gasteiger partial charge in [-0.15, -0.1) is 6.58 Å². The second-order valence-electron chi connectivity index (χ2n) is 5.53. The smallest absolute Gasteiger partial charge is 0.262 e. The summed E-state index contributed by atoms with van der Waals surface area (Å²) in [6, 6.07) is 8.39. The maximum atomic E-state index is 14.3. The molecule has 1 heterocycles. The summed E-state index contributed by atoms with van der Waals surface area (Å²) in [4.78, 5) is 14.2. The van der Waals surface area contributed by atoms with Crippen LogP contribution in [0.25, 0.3) is 11.0 Å². The van der Waals surface area contributed by atoms with Gasteiger partial charge in [-0.05, 0) is 19.1 Å². The van der Waals surface area contributed by atoms with Crippen molar-refractivity contribution in [1.29, 1.82) is 0 Å². The normalized spacial score (nSPS) is 11.0. The lowest BCUT2D eigenvalue weighted by Gasteiger charge is -2.21. The van der Waals surface area contributed by atoms with Crippen LogP contribution in [0.15, 0.2) is 47.4 Å². The Kier molecular flexibility index (Phi) is 4.54. The highest BCUT2D eigenvalue weighted by atomic mass is 19.2.